The molecule has 106 valence electrons. The van der Waals surface area contributed by atoms with Crippen molar-refractivity contribution >= 4 is 11.6 Å². The van der Waals surface area contributed by atoms with Gasteiger partial charge in [-0.1, -0.05) is 0 Å². The van der Waals surface area contributed by atoms with Crippen molar-refractivity contribution in [3.05, 3.63) is 36.2 Å². The Morgan fingerprint density at radius 2 is 2.25 bits per heavy atom. The molecule has 0 aliphatic rings. The smallest absolute Gasteiger partial charge is 0.269 e. The van der Waals surface area contributed by atoms with Gasteiger partial charge < -0.3 is 10.6 Å². The zero-order valence-electron chi connectivity index (χ0n) is 11.6. The Hall–Kier alpha value is -2.44. The molecule has 20 heavy (non-hydrogen) atoms. The van der Waals surface area contributed by atoms with Crippen LogP contribution in [0.3, 0.4) is 0 Å². The number of hydrogen-bond acceptors (Lipinski definition) is 5. The molecule has 2 rings (SSSR count). The molecule has 2 N–H and O–H groups in total. The molecule has 0 bridgehead atoms. The standard InChI is InChI=1S/C13H18N6O/c1-3-14-13(20)11-8-10(4-6-16-11)15-7-5-12-17-9-19(2)18-12/h4,6,8-9H,3,5,7H2,1-2H3,(H,14,20)(H,15,16). The van der Waals surface area contributed by atoms with E-state index in [2.05, 4.69) is 25.7 Å². The summed E-state index contributed by atoms with van der Waals surface area (Å²) in [4.78, 5) is 19.9. The first-order valence-electron chi connectivity index (χ1n) is 6.51. The molecular weight excluding hydrogens is 256 g/mol. The number of nitrogens with zero attached hydrogens (tertiary/aromatic N) is 4. The van der Waals surface area contributed by atoms with E-state index in [4.69, 9.17) is 0 Å². The minimum atomic E-state index is -0.164. The molecule has 2 aromatic heterocycles. The van der Waals surface area contributed by atoms with Crippen molar-refractivity contribution in [2.24, 2.45) is 7.05 Å². The monoisotopic (exact) mass is 274 g/mol. The van der Waals surface area contributed by atoms with E-state index in [1.165, 1.54) is 0 Å². The molecule has 0 aliphatic carbocycles. The Labute approximate surface area is 117 Å². The van der Waals surface area contributed by atoms with E-state index in [9.17, 15) is 4.79 Å². The van der Waals surface area contributed by atoms with Gasteiger partial charge in [0.1, 0.15) is 12.0 Å². The van der Waals surface area contributed by atoms with Crippen molar-refractivity contribution in [2.75, 3.05) is 18.4 Å². The van der Waals surface area contributed by atoms with Crippen LogP contribution in [-0.4, -0.2) is 38.7 Å². The van der Waals surface area contributed by atoms with Crippen LogP contribution in [0.25, 0.3) is 0 Å². The fourth-order valence-corrected chi connectivity index (χ4v) is 1.73. The van der Waals surface area contributed by atoms with Crippen LogP contribution in [0.4, 0.5) is 5.69 Å². The second-order valence-corrected chi connectivity index (χ2v) is 4.30. The Morgan fingerprint density at radius 1 is 1.40 bits per heavy atom. The van der Waals surface area contributed by atoms with Gasteiger partial charge in [0.2, 0.25) is 0 Å². The van der Waals surface area contributed by atoms with Crippen molar-refractivity contribution in [3.63, 3.8) is 0 Å². The number of anilines is 1. The van der Waals surface area contributed by atoms with Gasteiger partial charge in [-0.2, -0.15) is 5.10 Å². The van der Waals surface area contributed by atoms with E-state index < -0.39 is 0 Å². The SMILES string of the molecule is CCNC(=O)c1cc(NCCc2ncn(C)n2)ccn1. The molecule has 2 aromatic rings. The van der Waals surface area contributed by atoms with Gasteiger partial charge in [-0.3, -0.25) is 14.5 Å². The first-order chi connectivity index (χ1) is 9.69. The highest BCUT2D eigenvalue weighted by Crippen LogP contribution is 2.08. The summed E-state index contributed by atoms with van der Waals surface area (Å²) in [7, 11) is 1.84. The van der Waals surface area contributed by atoms with E-state index >= 15 is 0 Å². The van der Waals surface area contributed by atoms with Gasteiger partial charge in [-0.25, -0.2) is 4.98 Å². The molecule has 2 heterocycles. The van der Waals surface area contributed by atoms with E-state index in [0.29, 0.717) is 18.8 Å². The van der Waals surface area contributed by atoms with Gasteiger partial charge in [0.25, 0.3) is 5.91 Å². The maximum Gasteiger partial charge on any atom is 0.269 e. The number of carbonyl (C=O) groups excluding carboxylic acids is 1. The second-order valence-electron chi connectivity index (χ2n) is 4.30. The Bertz CT molecular complexity index is 580. The first-order valence-corrected chi connectivity index (χ1v) is 6.51. The molecule has 0 spiro atoms. The maximum atomic E-state index is 11.7. The second kappa shape index (κ2) is 6.65. The molecular formula is C13H18N6O. The van der Waals surface area contributed by atoms with E-state index in [0.717, 1.165) is 17.9 Å². The van der Waals surface area contributed by atoms with Crippen molar-refractivity contribution < 1.29 is 4.79 Å². The summed E-state index contributed by atoms with van der Waals surface area (Å²) < 4.78 is 1.68. The number of nitrogens with one attached hydrogen (secondary N) is 2. The van der Waals surface area contributed by atoms with Crippen LogP contribution in [0.15, 0.2) is 24.7 Å². The number of aryl methyl sites for hydroxylation is 1. The Balaban J connectivity index is 1.89. The van der Waals surface area contributed by atoms with Gasteiger partial charge >= 0.3 is 0 Å². The lowest BCUT2D eigenvalue weighted by Gasteiger charge is -2.06. The topological polar surface area (TPSA) is 84.7 Å². The highest BCUT2D eigenvalue weighted by molar-refractivity contribution is 5.93. The third kappa shape index (κ3) is 3.78. The van der Waals surface area contributed by atoms with Crippen molar-refractivity contribution in [1.82, 2.24) is 25.1 Å². The quantitative estimate of drug-likeness (QED) is 0.806. The van der Waals surface area contributed by atoms with Crippen LogP contribution in [0.5, 0.6) is 0 Å². The van der Waals surface area contributed by atoms with Gasteiger partial charge in [0, 0.05) is 38.4 Å². The van der Waals surface area contributed by atoms with Crippen LogP contribution < -0.4 is 10.6 Å². The summed E-state index contributed by atoms with van der Waals surface area (Å²) >= 11 is 0. The average molecular weight is 274 g/mol. The molecule has 0 unspecified atom stereocenters. The van der Waals surface area contributed by atoms with Crippen molar-refractivity contribution in [3.8, 4) is 0 Å². The minimum absolute atomic E-state index is 0.164. The molecule has 0 aliphatic heterocycles. The average Bonchev–Trinajstić information content (AvgIpc) is 2.85. The Kier molecular flexibility index (Phi) is 4.65. The third-order valence-corrected chi connectivity index (χ3v) is 2.65. The van der Waals surface area contributed by atoms with Crippen LogP contribution >= 0.6 is 0 Å². The maximum absolute atomic E-state index is 11.7. The third-order valence-electron chi connectivity index (χ3n) is 2.65. The molecule has 0 fully saturated rings. The highest BCUT2D eigenvalue weighted by Gasteiger charge is 2.06. The molecule has 1 amide bonds. The number of hydrogen-bond donors (Lipinski definition) is 2. The molecule has 7 heteroatoms. The number of carbonyl (C=O) groups is 1. The predicted molar refractivity (Wildman–Crippen MR) is 75.4 cm³/mol. The molecule has 0 aromatic carbocycles. The van der Waals surface area contributed by atoms with Gasteiger partial charge in [-0.05, 0) is 19.1 Å². The number of rotatable bonds is 6. The minimum Gasteiger partial charge on any atom is -0.384 e. The van der Waals surface area contributed by atoms with E-state index in [-0.39, 0.29) is 5.91 Å². The summed E-state index contributed by atoms with van der Waals surface area (Å²) in [6.07, 6.45) is 4.01. The summed E-state index contributed by atoms with van der Waals surface area (Å²) in [6.45, 7) is 3.16. The van der Waals surface area contributed by atoms with E-state index in [1.54, 1.807) is 23.3 Å². The van der Waals surface area contributed by atoms with E-state index in [1.807, 2.05) is 20.0 Å². The largest absolute Gasteiger partial charge is 0.384 e. The fraction of sp³-hybridized carbons (Fsp3) is 0.385. The summed E-state index contributed by atoms with van der Waals surface area (Å²) in [5.74, 6) is 0.626. The molecule has 0 saturated carbocycles. The zero-order valence-corrected chi connectivity index (χ0v) is 11.6. The lowest BCUT2D eigenvalue weighted by Crippen LogP contribution is -2.23. The summed E-state index contributed by atoms with van der Waals surface area (Å²) in [5.41, 5.74) is 1.27. The lowest BCUT2D eigenvalue weighted by molar-refractivity contribution is 0.0951. The fourth-order valence-electron chi connectivity index (χ4n) is 1.73. The normalized spacial score (nSPS) is 10.3. The predicted octanol–water partition coefficient (Wildman–Crippen LogP) is 0.614. The van der Waals surface area contributed by atoms with Gasteiger partial charge in [0.15, 0.2) is 5.82 Å². The molecule has 7 nitrogen and oxygen atoms in total. The number of pyridine rings is 1. The van der Waals surface area contributed by atoms with Crippen molar-refractivity contribution in [2.45, 2.75) is 13.3 Å². The number of amides is 1. The summed E-state index contributed by atoms with van der Waals surface area (Å²) in [6, 6.07) is 3.56. The Morgan fingerprint density at radius 3 is 2.95 bits per heavy atom. The molecule has 0 saturated heterocycles. The molecule has 0 radical (unpaired) electrons. The lowest BCUT2D eigenvalue weighted by atomic mass is 10.3. The van der Waals surface area contributed by atoms with Crippen LogP contribution in [0.1, 0.15) is 23.2 Å². The van der Waals surface area contributed by atoms with Gasteiger partial charge in [0.05, 0.1) is 0 Å². The van der Waals surface area contributed by atoms with Crippen LogP contribution in [0.2, 0.25) is 0 Å². The van der Waals surface area contributed by atoms with Gasteiger partial charge in [-0.15, -0.1) is 0 Å². The molecule has 0 atom stereocenters. The zero-order chi connectivity index (χ0) is 14.4. The first kappa shape index (κ1) is 14.0. The van der Waals surface area contributed by atoms with Crippen LogP contribution in [-0.2, 0) is 13.5 Å². The van der Waals surface area contributed by atoms with Crippen LogP contribution in [0, 0.1) is 0 Å². The highest BCUT2D eigenvalue weighted by atomic mass is 16.1. The summed E-state index contributed by atoms with van der Waals surface area (Å²) in [5, 5.41) is 10.2. The van der Waals surface area contributed by atoms with Crippen molar-refractivity contribution in [1.29, 1.82) is 0 Å². The number of aromatic nitrogens is 4.